The van der Waals surface area contributed by atoms with Gasteiger partial charge in [-0.1, -0.05) is 37.3 Å². The Morgan fingerprint density at radius 1 is 1.29 bits per heavy atom. The summed E-state index contributed by atoms with van der Waals surface area (Å²) in [5, 5.41) is 4.60. The van der Waals surface area contributed by atoms with E-state index in [1.165, 1.54) is 27.7 Å². The highest BCUT2D eigenvalue weighted by atomic mass is 16.5. The minimum absolute atomic E-state index is 0.902. The van der Waals surface area contributed by atoms with Crippen molar-refractivity contribution in [1.29, 1.82) is 0 Å². The summed E-state index contributed by atoms with van der Waals surface area (Å²) in [6.45, 7) is 3.18. The first-order valence-electron chi connectivity index (χ1n) is 8.68. The van der Waals surface area contributed by atoms with Gasteiger partial charge in [0, 0.05) is 22.2 Å². The van der Waals surface area contributed by atoms with E-state index in [0.29, 0.717) is 0 Å². The molecule has 2 aromatic rings. The molecule has 0 unspecified atom stereocenters. The van der Waals surface area contributed by atoms with Crippen molar-refractivity contribution in [1.82, 2.24) is 10.3 Å². The number of fused-ring (bicyclic) bond motifs is 1. The molecule has 0 aliphatic heterocycles. The first kappa shape index (κ1) is 16.6. The number of methoxy groups -OCH3 is 1. The van der Waals surface area contributed by atoms with Crippen LogP contribution in [0.15, 0.2) is 48.3 Å². The molecule has 0 fully saturated rings. The van der Waals surface area contributed by atoms with Gasteiger partial charge >= 0.3 is 0 Å². The Morgan fingerprint density at radius 2 is 2.17 bits per heavy atom. The SMILES string of the molecule is CCc1[nH]c2cccc(C3=CC=CCC=C3OC)c2c1CCNC. The van der Waals surface area contributed by atoms with Crippen molar-refractivity contribution in [2.24, 2.45) is 0 Å². The van der Waals surface area contributed by atoms with Crippen LogP contribution in [0.3, 0.4) is 0 Å². The van der Waals surface area contributed by atoms with Gasteiger partial charge in [-0.25, -0.2) is 0 Å². The predicted octanol–water partition coefficient (Wildman–Crippen LogP) is 4.37. The van der Waals surface area contributed by atoms with E-state index in [1.807, 2.05) is 7.05 Å². The molecule has 126 valence electrons. The zero-order valence-corrected chi connectivity index (χ0v) is 14.8. The van der Waals surface area contributed by atoms with Gasteiger partial charge in [0.2, 0.25) is 0 Å². The van der Waals surface area contributed by atoms with E-state index >= 15 is 0 Å². The summed E-state index contributed by atoms with van der Waals surface area (Å²) in [4.78, 5) is 3.62. The Kier molecular flexibility index (Phi) is 5.21. The number of rotatable bonds is 6. The second kappa shape index (κ2) is 7.54. The average molecular weight is 322 g/mol. The van der Waals surface area contributed by atoms with Crippen LogP contribution in [0.4, 0.5) is 0 Å². The van der Waals surface area contributed by atoms with E-state index in [4.69, 9.17) is 4.74 Å². The van der Waals surface area contributed by atoms with Gasteiger partial charge in [-0.2, -0.15) is 0 Å². The van der Waals surface area contributed by atoms with Crippen LogP contribution in [-0.2, 0) is 17.6 Å². The number of nitrogens with one attached hydrogen (secondary N) is 2. The standard InChI is InChI=1S/C21H26N2O/c1-4-18-17(13-14-22-2)21-16(10-8-11-19(21)23-18)15-9-6-5-7-12-20(15)24-3/h5-6,8-12,22-23H,4,7,13-14H2,1-3H3. The number of benzene rings is 1. The zero-order chi connectivity index (χ0) is 16.9. The molecule has 3 nitrogen and oxygen atoms in total. The molecule has 3 rings (SSSR count). The molecule has 1 aliphatic carbocycles. The van der Waals surface area contributed by atoms with Crippen LogP contribution in [-0.4, -0.2) is 25.7 Å². The van der Waals surface area contributed by atoms with Gasteiger partial charge in [-0.15, -0.1) is 0 Å². The van der Waals surface area contributed by atoms with Crippen molar-refractivity contribution in [2.45, 2.75) is 26.2 Å². The molecule has 1 aromatic carbocycles. The molecule has 0 bridgehead atoms. The minimum atomic E-state index is 0.902. The van der Waals surface area contributed by atoms with Gasteiger partial charge in [-0.3, -0.25) is 0 Å². The quantitative estimate of drug-likeness (QED) is 0.829. The molecule has 2 N–H and O–H groups in total. The predicted molar refractivity (Wildman–Crippen MR) is 102 cm³/mol. The van der Waals surface area contributed by atoms with E-state index in [-0.39, 0.29) is 0 Å². The third-order valence-electron chi connectivity index (χ3n) is 4.61. The lowest BCUT2D eigenvalue weighted by atomic mass is 9.95. The number of aromatic nitrogens is 1. The van der Waals surface area contributed by atoms with Crippen LogP contribution in [0, 0.1) is 0 Å². The van der Waals surface area contributed by atoms with Gasteiger partial charge in [0.15, 0.2) is 0 Å². The Labute approximate surface area is 144 Å². The van der Waals surface area contributed by atoms with Crippen molar-refractivity contribution >= 4 is 16.5 Å². The fourth-order valence-corrected chi connectivity index (χ4v) is 3.45. The number of aryl methyl sites for hydroxylation is 1. The van der Waals surface area contributed by atoms with Gasteiger partial charge < -0.3 is 15.0 Å². The van der Waals surface area contributed by atoms with E-state index in [0.717, 1.165) is 37.1 Å². The lowest BCUT2D eigenvalue weighted by Gasteiger charge is -2.13. The molecule has 0 radical (unpaired) electrons. The van der Waals surface area contributed by atoms with Gasteiger partial charge in [0.1, 0.15) is 5.76 Å². The van der Waals surface area contributed by atoms with Crippen molar-refractivity contribution in [3.05, 3.63) is 65.1 Å². The van der Waals surface area contributed by atoms with Crippen LogP contribution >= 0.6 is 0 Å². The number of allylic oxidation sites excluding steroid dienone is 5. The summed E-state index contributed by atoms with van der Waals surface area (Å²) in [6.07, 6.45) is 11.5. The number of H-pyrrole nitrogens is 1. The van der Waals surface area contributed by atoms with Gasteiger partial charge in [-0.05, 0) is 56.1 Å². The normalized spacial score (nSPS) is 14.5. The molecule has 0 spiro atoms. The largest absolute Gasteiger partial charge is 0.496 e. The van der Waals surface area contributed by atoms with Crippen molar-refractivity contribution in [3.63, 3.8) is 0 Å². The number of likely N-dealkylation sites (N-methyl/N-ethyl adjacent to an activating group) is 1. The second-order valence-corrected chi connectivity index (χ2v) is 6.03. The zero-order valence-electron chi connectivity index (χ0n) is 14.8. The maximum Gasteiger partial charge on any atom is 0.123 e. The second-order valence-electron chi connectivity index (χ2n) is 6.03. The molecule has 0 atom stereocenters. The van der Waals surface area contributed by atoms with E-state index in [1.54, 1.807) is 7.11 Å². The highest BCUT2D eigenvalue weighted by molar-refractivity contribution is 5.99. The van der Waals surface area contributed by atoms with E-state index < -0.39 is 0 Å². The van der Waals surface area contributed by atoms with Crippen molar-refractivity contribution in [2.75, 3.05) is 20.7 Å². The summed E-state index contributed by atoms with van der Waals surface area (Å²) in [5.41, 5.74) is 6.36. The van der Waals surface area contributed by atoms with Crippen LogP contribution < -0.4 is 5.32 Å². The first-order chi connectivity index (χ1) is 11.8. The fourth-order valence-electron chi connectivity index (χ4n) is 3.45. The molecule has 1 aliphatic rings. The number of hydrogen-bond acceptors (Lipinski definition) is 2. The molecule has 1 heterocycles. The van der Waals surface area contributed by atoms with Crippen LogP contribution in [0.2, 0.25) is 0 Å². The molecule has 0 saturated carbocycles. The van der Waals surface area contributed by atoms with Crippen molar-refractivity contribution in [3.8, 4) is 0 Å². The maximum atomic E-state index is 5.67. The Bertz CT molecular complexity index is 809. The van der Waals surface area contributed by atoms with Crippen LogP contribution in [0.25, 0.3) is 16.5 Å². The first-order valence-corrected chi connectivity index (χ1v) is 8.68. The number of ether oxygens (including phenoxy) is 1. The highest BCUT2D eigenvalue weighted by Gasteiger charge is 2.18. The molecule has 0 amide bonds. The molecular formula is C21H26N2O. The minimum Gasteiger partial charge on any atom is -0.496 e. The van der Waals surface area contributed by atoms with Crippen LogP contribution in [0.1, 0.15) is 30.2 Å². The average Bonchev–Trinajstić information content (AvgIpc) is 2.81. The summed E-state index contributed by atoms with van der Waals surface area (Å²) >= 11 is 0. The molecule has 3 heteroatoms. The smallest absolute Gasteiger partial charge is 0.123 e. The maximum absolute atomic E-state index is 5.67. The highest BCUT2D eigenvalue weighted by Crippen LogP contribution is 2.35. The summed E-state index contributed by atoms with van der Waals surface area (Å²) in [7, 11) is 3.76. The summed E-state index contributed by atoms with van der Waals surface area (Å²) in [6, 6.07) is 6.50. The third-order valence-corrected chi connectivity index (χ3v) is 4.61. The summed E-state index contributed by atoms with van der Waals surface area (Å²) < 4.78 is 5.67. The number of hydrogen-bond donors (Lipinski definition) is 2. The third kappa shape index (κ3) is 3.04. The number of aromatic amines is 1. The van der Waals surface area contributed by atoms with E-state index in [2.05, 4.69) is 59.7 Å². The lowest BCUT2D eigenvalue weighted by molar-refractivity contribution is 0.310. The monoisotopic (exact) mass is 322 g/mol. The summed E-state index contributed by atoms with van der Waals surface area (Å²) in [5.74, 6) is 0.950. The van der Waals surface area contributed by atoms with E-state index in [9.17, 15) is 0 Å². The molecular weight excluding hydrogens is 296 g/mol. The Hall–Kier alpha value is -2.26. The van der Waals surface area contributed by atoms with Gasteiger partial charge in [0.05, 0.1) is 7.11 Å². The fraction of sp³-hybridized carbons (Fsp3) is 0.333. The molecule has 24 heavy (non-hydrogen) atoms. The van der Waals surface area contributed by atoms with Crippen LogP contribution in [0.5, 0.6) is 0 Å². The lowest BCUT2D eigenvalue weighted by Crippen LogP contribution is -2.11. The molecule has 0 saturated heterocycles. The Morgan fingerprint density at radius 3 is 2.92 bits per heavy atom. The topological polar surface area (TPSA) is 37.0 Å². The molecule has 1 aromatic heterocycles. The van der Waals surface area contributed by atoms with Crippen molar-refractivity contribution < 1.29 is 4.74 Å². The Balaban J connectivity index is 2.22. The van der Waals surface area contributed by atoms with Gasteiger partial charge in [0.25, 0.3) is 0 Å².